The lowest BCUT2D eigenvalue weighted by molar-refractivity contribution is 0.283. The lowest BCUT2D eigenvalue weighted by Crippen LogP contribution is -2.28. The van der Waals surface area contributed by atoms with Gasteiger partial charge in [-0.2, -0.15) is 0 Å². The van der Waals surface area contributed by atoms with E-state index < -0.39 is 0 Å². The monoisotopic (exact) mass is 375 g/mol. The summed E-state index contributed by atoms with van der Waals surface area (Å²) in [6, 6.07) is 0. The molecule has 0 bridgehead atoms. The van der Waals surface area contributed by atoms with Gasteiger partial charge in [-0.25, -0.2) is 0 Å². The second-order valence-corrected chi connectivity index (χ2v) is 7.69. The SMILES string of the molecule is CCN(CC)Cc1c(C)c(CN(CC)CC)c(C)c(CN(CC)CC)c1C. The number of hydrogen-bond donors (Lipinski definition) is 0. The van der Waals surface area contributed by atoms with Gasteiger partial charge in [0.2, 0.25) is 0 Å². The number of hydrogen-bond acceptors (Lipinski definition) is 3. The molecule has 0 radical (unpaired) electrons. The van der Waals surface area contributed by atoms with Crippen LogP contribution in [0.5, 0.6) is 0 Å². The second-order valence-electron chi connectivity index (χ2n) is 7.69. The van der Waals surface area contributed by atoms with Crippen molar-refractivity contribution in [2.75, 3.05) is 39.3 Å². The molecule has 0 fully saturated rings. The summed E-state index contributed by atoms with van der Waals surface area (Å²) in [4.78, 5) is 7.65. The molecule has 0 aromatic heterocycles. The number of nitrogens with zero attached hydrogens (tertiary/aromatic N) is 3. The smallest absolute Gasteiger partial charge is 0.0238 e. The highest BCUT2D eigenvalue weighted by atomic mass is 15.1. The van der Waals surface area contributed by atoms with Crippen LogP contribution in [0.2, 0.25) is 0 Å². The van der Waals surface area contributed by atoms with E-state index in [1.165, 1.54) is 16.7 Å². The molecule has 1 rings (SSSR count). The first-order valence-electron chi connectivity index (χ1n) is 11.1. The van der Waals surface area contributed by atoms with Crippen LogP contribution in [0.4, 0.5) is 0 Å². The predicted octanol–water partition coefficient (Wildman–Crippen LogP) is 5.14. The fourth-order valence-corrected chi connectivity index (χ4v) is 4.11. The first-order valence-corrected chi connectivity index (χ1v) is 11.1. The maximum Gasteiger partial charge on any atom is 0.0238 e. The molecule has 0 aliphatic rings. The molecule has 3 heteroatoms. The Hall–Kier alpha value is -0.900. The third kappa shape index (κ3) is 6.04. The van der Waals surface area contributed by atoms with Gasteiger partial charge in [-0.3, -0.25) is 14.7 Å². The molecule has 0 aliphatic carbocycles. The molecule has 3 nitrogen and oxygen atoms in total. The van der Waals surface area contributed by atoms with Gasteiger partial charge in [0, 0.05) is 19.6 Å². The molecule has 0 saturated heterocycles. The van der Waals surface area contributed by atoms with Gasteiger partial charge < -0.3 is 0 Å². The minimum Gasteiger partial charge on any atom is -0.300 e. The average molecular weight is 376 g/mol. The van der Waals surface area contributed by atoms with Gasteiger partial charge >= 0.3 is 0 Å². The molecular weight excluding hydrogens is 330 g/mol. The minimum absolute atomic E-state index is 1.07. The molecule has 1 aromatic carbocycles. The predicted molar refractivity (Wildman–Crippen MR) is 121 cm³/mol. The van der Waals surface area contributed by atoms with Gasteiger partial charge in [0.15, 0.2) is 0 Å². The van der Waals surface area contributed by atoms with E-state index in [1.54, 1.807) is 16.7 Å². The Kier molecular flexibility index (Phi) is 10.6. The average Bonchev–Trinajstić information content (AvgIpc) is 2.68. The lowest BCUT2D eigenvalue weighted by atomic mass is 9.87. The van der Waals surface area contributed by atoms with Crippen LogP contribution in [0.1, 0.15) is 74.9 Å². The summed E-state index contributed by atoms with van der Waals surface area (Å²) in [5.41, 5.74) is 9.25. The minimum atomic E-state index is 1.07. The van der Waals surface area contributed by atoms with Crippen molar-refractivity contribution in [3.63, 3.8) is 0 Å². The zero-order valence-electron chi connectivity index (χ0n) is 19.7. The lowest BCUT2D eigenvalue weighted by Gasteiger charge is -2.30. The van der Waals surface area contributed by atoms with Gasteiger partial charge in [-0.1, -0.05) is 41.5 Å². The normalized spacial score (nSPS) is 12.0. The first kappa shape index (κ1) is 24.1. The quantitative estimate of drug-likeness (QED) is 0.501. The Bertz CT molecular complexity index is 465. The molecule has 0 saturated carbocycles. The Morgan fingerprint density at radius 2 is 0.593 bits per heavy atom. The van der Waals surface area contributed by atoms with Crippen molar-refractivity contribution in [2.24, 2.45) is 0 Å². The third-order valence-corrected chi connectivity index (χ3v) is 6.54. The fraction of sp³-hybridized carbons (Fsp3) is 0.750. The molecular formula is C24H45N3. The van der Waals surface area contributed by atoms with Crippen molar-refractivity contribution >= 4 is 0 Å². The number of benzene rings is 1. The zero-order chi connectivity index (χ0) is 20.6. The van der Waals surface area contributed by atoms with E-state index in [9.17, 15) is 0 Å². The Labute approximate surface area is 169 Å². The molecule has 0 amide bonds. The largest absolute Gasteiger partial charge is 0.300 e. The molecule has 27 heavy (non-hydrogen) atoms. The van der Waals surface area contributed by atoms with E-state index in [-0.39, 0.29) is 0 Å². The summed E-state index contributed by atoms with van der Waals surface area (Å²) in [5.74, 6) is 0. The first-order chi connectivity index (χ1) is 12.9. The van der Waals surface area contributed by atoms with Crippen molar-refractivity contribution in [3.8, 4) is 0 Å². The second kappa shape index (κ2) is 11.8. The summed E-state index contributed by atoms with van der Waals surface area (Å²) < 4.78 is 0. The summed E-state index contributed by atoms with van der Waals surface area (Å²) in [6.07, 6.45) is 0. The zero-order valence-corrected chi connectivity index (χ0v) is 19.7. The highest BCUT2D eigenvalue weighted by Crippen LogP contribution is 2.30. The van der Waals surface area contributed by atoms with Gasteiger partial charge in [0.25, 0.3) is 0 Å². The van der Waals surface area contributed by atoms with Crippen LogP contribution in [-0.2, 0) is 19.6 Å². The van der Waals surface area contributed by atoms with Gasteiger partial charge in [0.05, 0.1) is 0 Å². The van der Waals surface area contributed by atoms with Crippen molar-refractivity contribution in [1.29, 1.82) is 0 Å². The number of rotatable bonds is 12. The molecule has 0 atom stereocenters. The highest BCUT2D eigenvalue weighted by molar-refractivity contribution is 5.50. The molecule has 0 unspecified atom stereocenters. The van der Waals surface area contributed by atoms with Crippen molar-refractivity contribution in [1.82, 2.24) is 14.7 Å². The Balaban J connectivity index is 3.51. The third-order valence-electron chi connectivity index (χ3n) is 6.54. The molecule has 156 valence electrons. The maximum atomic E-state index is 2.55. The Morgan fingerprint density at radius 1 is 0.407 bits per heavy atom. The molecule has 0 N–H and O–H groups in total. The Morgan fingerprint density at radius 3 is 0.741 bits per heavy atom. The van der Waals surface area contributed by atoms with Crippen LogP contribution in [0, 0.1) is 20.8 Å². The molecule has 0 aliphatic heterocycles. The van der Waals surface area contributed by atoms with Crippen LogP contribution in [0.3, 0.4) is 0 Å². The van der Waals surface area contributed by atoms with Gasteiger partial charge in [-0.05, 0) is 93.4 Å². The van der Waals surface area contributed by atoms with Gasteiger partial charge in [-0.15, -0.1) is 0 Å². The van der Waals surface area contributed by atoms with Crippen LogP contribution in [0.15, 0.2) is 0 Å². The van der Waals surface area contributed by atoms with Crippen molar-refractivity contribution in [3.05, 3.63) is 33.4 Å². The molecule has 0 heterocycles. The van der Waals surface area contributed by atoms with Gasteiger partial charge in [0.1, 0.15) is 0 Å². The van der Waals surface area contributed by atoms with Crippen LogP contribution < -0.4 is 0 Å². The van der Waals surface area contributed by atoms with Crippen LogP contribution in [0.25, 0.3) is 0 Å². The van der Waals surface area contributed by atoms with Crippen LogP contribution >= 0.6 is 0 Å². The summed E-state index contributed by atoms with van der Waals surface area (Å²) in [7, 11) is 0. The summed E-state index contributed by atoms with van der Waals surface area (Å²) in [5, 5.41) is 0. The van der Waals surface area contributed by atoms with E-state index in [2.05, 4.69) is 77.0 Å². The van der Waals surface area contributed by atoms with Crippen molar-refractivity contribution in [2.45, 2.75) is 81.9 Å². The molecule has 0 spiro atoms. The van der Waals surface area contributed by atoms with E-state index in [1.807, 2.05) is 0 Å². The molecule has 1 aromatic rings. The van der Waals surface area contributed by atoms with E-state index in [4.69, 9.17) is 0 Å². The standard InChI is InChI=1S/C24H45N3/c1-10-25(11-2)16-22-19(7)23(17-26(12-3)13-4)21(9)24(20(22)8)18-27(14-5)15-6/h10-18H2,1-9H3. The maximum absolute atomic E-state index is 2.55. The summed E-state index contributed by atoms with van der Waals surface area (Å²) >= 11 is 0. The topological polar surface area (TPSA) is 9.72 Å². The summed E-state index contributed by atoms with van der Waals surface area (Å²) in [6.45, 7) is 30.6. The van der Waals surface area contributed by atoms with Crippen LogP contribution in [-0.4, -0.2) is 54.0 Å². The van der Waals surface area contributed by atoms with E-state index >= 15 is 0 Å². The highest BCUT2D eigenvalue weighted by Gasteiger charge is 2.20. The fourth-order valence-electron chi connectivity index (χ4n) is 4.11. The van der Waals surface area contributed by atoms with E-state index in [0.717, 1.165) is 58.9 Å². The van der Waals surface area contributed by atoms with E-state index in [0.29, 0.717) is 0 Å². The van der Waals surface area contributed by atoms with Crippen molar-refractivity contribution < 1.29 is 0 Å².